The van der Waals surface area contributed by atoms with Gasteiger partial charge in [0.1, 0.15) is 11.3 Å². The van der Waals surface area contributed by atoms with Crippen LogP contribution in [0.2, 0.25) is 10.0 Å². The third kappa shape index (κ3) is 3.21. The highest BCUT2D eigenvalue weighted by Crippen LogP contribution is 2.26. The van der Waals surface area contributed by atoms with Gasteiger partial charge in [-0.3, -0.25) is 9.59 Å². The van der Waals surface area contributed by atoms with Crippen LogP contribution in [0.15, 0.2) is 33.5 Å². The summed E-state index contributed by atoms with van der Waals surface area (Å²) in [5.74, 6) is 0.103. The number of rotatable bonds is 3. The summed E-state index contributed by atoms with van der Waals surface area (Å²) in [7, 11) is 0. The second kappa shape index (κ2) is 5.69. The molecule has 4 nitrogen and oxygen atoms in total. The molecule has 0 aliphatic rings. The van der Waals surface area contributed by atoms with Crippen LogP contribution in [-0.2, 0) is 0 Å². The van der Waals surface area contributed by atoms with Gasteiger partial charge in [-0.15, -0.1) is 0 Å². The van der Waals surface area contributed by atoms with E-state index in [1.165, 1.54) is 13.0 Å². The lowest BCUT2D eigenvalue weighted by atomic mass is 10.1. The third-order valence-corrected chi connectivity index (χ3v) is 2.98. The van der Waals surface area contributed by atoms with Crippen LogP contribution in [0.1, 0.15) is 23.0 Å². The lowest BCUT2D eigenvalue weighted by Gasteiger charge is -2.10. The van der Waals surface area contributed by atoms with Crippen molar-refractivity contribution >= 4 is 40.6 Å². The first-order valence-corrected chi connectivity index (χ1v) is 6.51. The molecule has 1 N–H and O–H groups in total. The molecule has 1 heterocycles. The molecule has 1 aromatic carbocycles. The molecule has 0 atom stereocenters. The Balaban J connectivity index is 2.52. The van der Waals surface area contributed by atoms with E-state index in [4.69, 9.17) is 27.6 Å². The molecular formula is C14H11Cl2NO3. The fraction of sp³-hybridized carbons (Fsp3) is 0.143. The van der Waals surface area contributed by atoms with Crippen LogP contribution in [0.5, 0.6) is 0 Å². The maximum Gasteiger partial charge on any atom is 0.212 e. The van der Waals surface area contributed by atoms with E-state index in [0.29, 0.717) is 21.5 Å². The van der Waals surface area contributed by atoms with E-state index in [2.05, 4.69) is 5.32 Å². The van der Waals surface area contributed by atoms with Gasteiger partial charge in [0.25, 0.3) is 0 Å². The van der Waals surface area contributed by atoms with Gasteiger partial charge in [0, 0.05) is 21.8 Å². The van der Waals surface area contributed by atoms with Crippen molar-refractivity contribution in [2.45, 2.75) is 13.8 Å². The van der Waals surface area contributed by atoms with Crippen molar-refractivity contribution in [2.24, 2.45) is 0 Å². The minimum Gasteiger partial charge on any atom is -0.445 e. The van der Waals surface area contributed by atoms with Crippen molar-refractivity contribution in [2.75, 3.05) is 5.32 Å². The van der Waals surface area contributed by atoms with Gasteiger partial charge in [0.05, 0.1) is 0 Å². The second-order valence-corrected chi connectivity index (χ2v) is 5.14. The van der Waals surface area contributed by atoms with E-state index in [-0.39, 0.29) is 17.2 Å². The molecule has 0 bridgehead atoms. The van der Waals surface area contributed by atoms with Crippen molar-refractivity contribution in [3.8, 4) is 0 Å². The molecule has 2 aromatic rings. The summed E-state index contributed by atoms with van der Waals surface area (Å²) in [6, 6.07) is 6.07. The quantitative estimate of drug-likeness (QED) is 0.863. The highest BCUT2D eigenvalue weighted by Gasteiger charge is 2.16. The van der Waals surface area contributed by atoms with E-state index in [1.807, 2.05) is 0 Å². The maximum atomic E-state index is 11.9. The first kappa shape index (κ1) is 14.6. The lowest BCUT2D eigenvalue weighted by Crippen LogP contribution is -2.15. The summed E-state index contributed by atoms with van der Waals surface area (Å²) >= 11 is 11.8. The monoisotopic (exact) mass is 311 g/mol. The molecule has 104 valence electrons. The highest BCUT2D eigenvalue weighted by atomic mass is 35.5. The molecule has 0 aliphatic carbocycles. The zero-order chi connectivity index (χ0) is 14.9. The van der Waals surface area contributed by atoms with Gasteiger partial charge in [-0.2, -0.15) is 0 Å². The van der Waals surface area contributed by atoms with Gasteiger partial charge < -0.3 is 9.73 Å². The highest BCUT2D eigenvalue weighted by molar-refractivity contribution is 6.35. The summed E-state index contributed by atoms with van der Waals surface area (Å²) in [5.41, 5.74) is 0.0994. The molecule has 0 saturated carbocycles. The minimum absolute atomic E-state index is 0.0355. The van der Waals surface area contributed by atoms with E-state index in [9.17, 15) is 9.59 Å². The first-order valence-electron chi connectivity index (χ1n) is 5.75. The average molecular weight is 312 g/mol. The Labute approximate surface area is 125 Å². The molecule has 0 unspecified atom stereocenters. The Bertz CT molecular complexity index is 717. The molecule has 0 amide bonds. The zero-order valence-electron chi connectivity index (χ0n) is 10.8. The number of hydrogen-bond donors (Lipinski definition) is 1. The molecular weight excluding hydrogens is 301 g/mol. The summed E-state index contributed by atoms with van der Waals surface area (Å²) < 4.78 is 5.42. The predicted molar refractivity (Wildman–Crippen MR) is 79.5 cm³/mol. The van der Waals surface area contributed by atoms with Crippen LogP contribution in [0.3, 0.4) is 0 Å². The molecule has 20 heavy (non-hydrogen) atoms. The van der Waals surface area contributed by atoms with Crippen LogP contribution >= 0.6 is 23.2 Å². The molecule has 2 rings (SSSR count). The smallest absolute Gasteiger partial charge is 0.212 e. The summed E-state index contributed by atoms with van der Waals surface area (Å²) in [6.07, 6.45) is 0. The third-order valence-electron chi connectivity index (χ3n) is 2.54. The number of aryl methyl sites for hydroxylation is 1. The van der Waals surface area contributed by atoms with Gasteiger partial charge in [-0.25, -0.2) is 0 Å². The van der Waals surface area contributed by atoms with Crippen LogP contribution in [0.4, 0.5) is 11.6 Å². The summed E-state index contributed by atoms with van der Waals surface area (Å²) in [5, 5.41) is 3.72. The zero-order valence-corrected chi connectivity index (χ0v) is 12.3. The van der Waals surface area contributed by atoms with E-state index in [0.717, 1.165) is 0 Å². The van der Waals surface area contributed by atoms with E-state index in [1.54, 1.807) is 25.1 Å². The minimum atomic E-state index is -0.392. The number of nitrogens with one attached hydrogen (secondary N) is 1. The molecule has 0 spiro atoms. The number of hydrogen-bond acceptors (Lipinski definition) is 4. The fourth-order valence-corrected chi connectivity index (χ4v) is 2.31. The van der Waals surface area contributed by atoms with Crippen molar-refractivity contribution in [3.63, 3.8) is 0 Å². The van der Waals surface area contributed by atoms with Crippen LogP contribution < -0.4 is 10.7 Å². The van der Waals surface area contributed by atoms with Crippen molar-refractivity contribution in [1.82, 2.24) is 0 Å². The summed E-state index contributed by atoms with van der Waals surface area (Å²) in [6.45, 7) is 2.93. The van der Waals surface area contributed by atoms with Crippen molar-refractivity contribution < 1.29 is 9.21 Å². The van der Waals surface area contributed by atoms with E-state index < -0.39 is 5.43 Å². The lowest BCUT2D eigenvalue weighted by molar-refractivity contribution is 0.101. The van der Waals surface area contributed by atoms with Crippen molar-refractivity contribution in [3.05, 3.63) is 55.9 Å². The maximum absolute atomic E-state index is 11.9. The molecule has 1 aromatic heterocycles. The number of ketones is 1. The van der Waals surface area contributed by atoms with Gasteiger partial charge in [-0.1, -0.05) is 23.2 Å². The second-order valence-electron chi connectivity index (χ2n) is 4.26. The van der Waals surface area contributed by atoms with Gasteiger partial charge in [0.15, 0.2) is 11.2 Å². The number of benzene rings is 1. The Morgan fingerprint density at radius 1 is 1.15 bits per heavy atom. The normalized spacial score (nSPS) is 10.4. The Morgan fingerprint density at radius 2 is 1.75 bits per heavy atom. The summed E-state index contributed by atoms with van der Waals surface area (Å²) in [4.78, 5) is 23.4. The largest absolute Gasteiger partial charge is 0.445 e. The number of carbonyl (C=O) groups excluding carboxylic acids is 1. The van der Waals surface area contributed by atoms with Gasteiger partial charge >= 0.3 is 0 Å². The fourth-order valence-electron chi connectivity index (χ4n) is 1.79. The number of carbonyl (C=O) groups is 1. The van der Waals surface area contributed by atoms with Crippen LogP contribution in [-0.4, -0.2) is 5.78 Å². The molecule has 0 radical (unpaired) electrons. The Hall–Kier alpha value is -1.78. The van der Waals surface area contributed by atoms with Crippen molar-refractivity contribution in [1.29, 1.82) is 0 Å². The number of halogens is 2. The predicted octanol–water partition coefficient (Wildman–Crippen LogP) is 4.20. The number of Topliss-reactive ketones (excluding diaryl/α,β-unsaturated/α-hetero) is 1. The standard InChI is InChI=1S/C14H11Cl2NO3/c1-7-3-12(19)13(8(2)18)14(20-7)17-11-5-9(15)4-10(16)6-11/h3-6,17H,1-2H3. The SMILES string of the molecule is CC(=O)c1c(Nc2cc(Cl)cc(Cl)c2)oc(C)cc1=O. The van der Waals surface area contributed by atoms with Gasteiger partial charge in [-0.05, 0) is 32.0 Å². The van der Waals surface area contributed by atoms with Crippen LogP contribution in [0.25, 0.3) is 0 Å². The average Bonchev–Trinajstić information content (AvgIpc) is 2.25. The van der Waals surface area contributed by atoms with Crippen LogP contribution in [0, 0.1) is 6.92 Å². The number of anilines is 2. The molecule has 0 saturated heterocycles. The van der Waals surface area contributed by atoms with Gasteiger partial charge in [0.2, 0.25) is 5.88 Å². The molecule has 0 aliphatic heterocycles. The first-order chi connectivity index (χ1) is 9.36. The molecule has 0 fully saturated rings. The Kier molecular flexibility index (Phi) is 4.16. The van der Waals surface area contributed by atoms with E-state index >= 15 is 0 Å². The topological polar surface area (TPSA) is 59.3 Å². The Morgan fingerprint density at radius 3 is 2.30 bits per heavy atom. The molecule has 6 heteroatoms.